The van der Waals surface area contributed by atoms with Gasteiger partial charge in [-0.05, 0) is 23.3 Å². The molecule has 0 aliphatic heterocycles. The van der Waals surface area contributed by atoms with Crippen molar-refractivity contribution < 1.29 is 13.7 Å². The van der Waals surface area contributed by atoms with Crippen LogP contribution in [-0.4, -0.2) is 4.92 Å². The molecule has 0 aliphatic rings. The van der Waals surface area contributed by atoms with E-state index in [1.165, 1.54) is 24.3 Å². The molecular formula is C14H9F2NO2. The van der Waals surface area contributed by atoms with E-state index in [9.17, 15) is 18.9 Å². The van der Waals surface area contributed by atoms with Crippen molar-refractivity contribution in [2.24, 2.45) is 0 Å². The van der Waals surface area contributed by atoms with Crippen molar-refractivity contribution in [2.75, 3.05) is 0 Å². The molecule has 0 aliphatic carbocycles. The van der Waals surface area contributed by atoms with Crippen molar-refractivity contribution in [1.29, 1.82) is 0 Å². The summed E-state index contributed by atoms with van der Waals surface area (Å²) in [7, 11) is 0. The van der Waals surface area contributed by atoms with Gasteiger partial charge in [-0.1, -0.05) is 30.3 Å². The Morgan fingerprint density at radius 3 is 1.89 bits per heavy atom. The lowest BCUT2D eigenvalue weighted by molar-refractivity contribution is -0.384. The van der Waals surface area contributed by atoms with Gasteiger partial charge in [0.25, 0.3) is 11.8 Å². The summed E-state index contributed by atoms with van der Waals surface area (Å²) in [6.07, 6.45) is -1.82. The van der Waals surface area contributed by atoms with E-state index in [4.69, 9.17) is 0 Å². The summed E-state index contributed by atoms with van der Waals surface area (Å²) in [6, 6.07) is 13.2. The topological polar surface area (TPSA) is 43.1 Å². The standard InChI is InChI=1S/C14H9F2NO2/c15-14(16)13(10-4-2-1-3-5-10)11-6-8-12(9-7-11)17(18)19/h1-9H. The Balaban J connectivity index is 2.48. The second-order valence-electron chi connectivity index (χ2n) is 3.81. The highest BCUT2D eigenvalue weighted by Crippen LogP contribution is 2.29. The van der Waals surface area contributed by atoms with Gasteiger partial charge in [0.2, 0.25) is 0 Å². The maximum absolute atomic E-state index is 13.1. The monoisotopic (exact) mass is 261 g/mol. The van der Waals surface area contributed by atoms with E-state index in [2.05, 4.69) is 0 Å². The quantitative estimate of drug-likeness (QED) is 0.612. The zero-order chi connectivity index (χ0) is 13.8. The van der Waals surface area contributed by atoms with Crippen molar-refractivity contribution >= 4 is 11.3 Å². The lowest BCUT2D eigenvalue weighted by Crippen LogP contribution is -1.91. The Morgan fingerprint density at radius 1 is 0.895 bits per heavy atom. The van der Waals surface area contributed by atoms with Crippen LogP contribution in [0.3, 0.4) is 0 Å². The molecule has 0 fully saturated rings. The molecule has 0 amide bonds. The van der Waals surface area contributed by atoms with Crippen LogP contribution in [0, 0.1) is 10.1 Å². The molecule has 0 spiro atoms. The van der Waals surface area contributed by atoms with Crippen LogP contribution in [0.1, 0.15) is 11.1 Å². The van der Waals surface area contributed by atoms with Crippen LogP contribution in [0.15, 0.2) is 60.7 Å². The summed E-state index contributed by atoms with van der Waals surface area (Å²) in [5.74, 6) is 0. The molecule has 5 heteroatoms. The van der Waals surface area contributed by atoms with Gasteiger partial charge >= 0.3 is 0 Å². The van der Waals surface area contributed by atoms with Crippen molar-refractivity contribution in [1.82, 2.24) is 0 Å². The summed E-state index contributed by atoms with van der Waals surface area (Å²) in [5, 5.41) is 10.5. The Labute approximate surface area is 108 Å². The predicted molar refractivity (Wildman–Crippen MR) is 67.8 cm³/mol. The zero-order valence-corrected chi connectivity index (χ0v) is 9.72. The summed E-state index contributed by atoms with van der Waals surface area (Å²) < 4.78 is 26.2. The van der Waals surface area contributed by atoms with Crippen LogP contribution in [-0.2, 0) is 0 Å². The van der Waals surface area contributed by atoms with Gasteiger partial charge < -0.3 is 0 Å². The molecule has 2 aromatic carbocycles. The summed E-state index contributed by atoms with van der Waals surface area (Å²) >= 11 is 0. The fraction of sp³-hybridized carbons (Fsp3) is 0. The first-order valence-corrected chi connectivity index (χ1v) is 5.45. The predicted octanol–water partition coefficient (Wildman–Crippen LogP) is 4.25. The summed E-state index contributed by atoms with van der Waals surface area (Å²) in [6.45, 7) is 0. The lowest BCUT2D eigenvalue weighted by Gasteiger charge is -2.06. The van der Waals surface area contributed by atoms with Crippen LogP contribution in [0.4, 0.5) is 14.5 Å². The average molecular weight is 261 g/mol. The van der Waals surface area contributed by atoms with Crippen molar-refractivity contribution in [3.63, 3.8) is 0 Å². The van der Waals surface area contributed by atoms with Gasteiger partial charge in [-0.25, -0.2) is 0 Å². The largest absolute Gasteiger partial charge is 0.278 e. The third-order valence-electron chi connectivity index (χ3n) is 2.62. The molecule has 0 aromatic heterocycles. The molecule has 0 saturated heterocycles. The molecule has 2 rings (SSSR count). The van der Waals surface area contributed by atoms with Crippen molar-refractivity contribution in [2.45, 2.75) is 0 Å². The molecule has 0 heterocycles. The number of hydrogen-bond donors (Lipinski definition) is 0. The molecule has 19 heavy (non-hydrogen) atoms. The van der Waals surface area contributed by atoms with Gasteiger partial charge in [0.1, 0.15) is 0 Å². The minimum absolute atomic E-state index is 0.129. The zero-order valence-electron chi connectivity index (χ0n) is 9.72. The van der Waals surface area contributed by atoms with Crippen molar-refractivity contribution in [3.8, 4) is 0 Å². The highest BCUT2D eigenvalue weighted by atomic mass is 19.3. The Morgan fingerprint density at radius 2 is 1.42 bits per heavy atom. The summed E-state index contributed by atoms with van der Waals surface area (Å²) in [5.41, 5.74) is 0.277. The smallest absolute Gasteiger partial charge is 0.258 e. The van der Waals surface area contributed by atoms with E-state index in [1.807, 2.05) is 0 Å². The van der Waals surface area contributed by atoms with Crippen LogP contribution in [0.2, 0.25) is 0 Å². The number of benzene rings is 2. The van der Waals surface area contributed by atoms with Crippen molar-refractivity contribution in [3.05, 3.63) is 81.9 Å². The molecule has 96 valence electrons. The number of rotatable bonds is 3. The van der Waals surface area contributed by atoms with Crippen LogP contribution >= 0.6 is 0 Å². The van der Waals surface area contributed by atoms with Crippen LogP contribution in [0.25, 0.3) is 5.57 Å². The number of halogens is 2. The number of non-ortho nitro benzene ring substituents is 1. The highest BCUT2D eigenvalue weighted by Gasteiger charge is 2.13. The molecule has 3 nitrogen and oxygen atoms in total. The number of nitro benzene ring substituents is 1. The lowest BCUT2D eigenvalue weighted by atomic mass is 9.99. The fourth-order valence-corrected chi connectivity index (χ4v) is 1.74. The second kappa shape index (κ2) is 5.39. The number of hydrogen-bond acceptors (Lipinski definition) is 2. The SMILES string of the molecule is O=[N+]([O-])c1ccc(C(=C(F)F)c2ccccc2)cc1. The molecule has 2 aromatic rings. The average Bonchev–Trinajstić information content (AvgIpc) is 2.40. The minimum Gasteiger partial charge on any atom is -0.258 e. The number of nitrogens with zero attached hydrogens (tertiary/aromatic N) is 1. The van der Waals surface area contributed by atoms with Crippen LogP contribution in [0.5, 0.6) is 0 Å². The van der Waals surface area contributed by atoms with Gasteiger partial charge in [-0.3, -0.25) is 10.1 Å². The molecule has 0 N–H and O–H groups in total. The van der Waals surface area contributed by atoms with Crippen LogP contribution < -0.4 is 0 Å². The van der Waals surface area contributed by atoms with E-state index in [0.29, 0.717) is 5.56 Å². The Hall–Kier alpha value is -2.56. The fourth-order valence-electron chi connectivity index (χ4n) is 1.74. The first-order chi connectivity index (χ1) is 9.09. The normalized spacial score (nSPS) is 10.0. The highest BCUT2D eigenvalue weighted by molar-refractivity contribution is 5.80. The van der Waals surface area contributed by atoms with E-state index in [0.717, 1.165) is 0 Å². The molecule has 0 atom stereocenters. The third kappa shape index (κ3) is 2.82. The Bertz CT molecular complexity index is 618. The van der Waals surface area contributed by atoms with E-state index < -0.39 is 11.0 Å². The third-order valence-corrected chi connectivity index (χ3v) is 2.62. The van der Waals surface area contributed by atoms with E-state index >= 15 is 0 Å². The first kappa shape index (κ1) is 12.9. The van der Waals surface area contributed by atoms with Gasteiger partial charge in [-0.15, -0.1) is 0 Å². The summed E-state index contributed by atoms with van der Waals surface area (Å²) in [4.78, 5) is 9.96. The molecule has 0 bridgehead atoms. The molecule has 0 radical (unpaired) electrons. The van der Waals surface area contributed by atoms with Gasteiger partial charge in [0.15, 0.2) is 0 Å². The maximum Gasteiger partial charge on any atom is 0.278 e. The van der Waals surface area contributed by atoms with Gasteiger partial charge in [0.05, 0.1) is 10.5 Å². The number of nitro groups is 1. The molecule has 0 saturated carbocycles. The molecular weight excluding hydrogens is 252 g/mol. The first-order valence-electron chi connectivity index (χ1n) is 5.45. The Kier molecular flexibility index (Phi) is 3.66. The van der Waals surface area contributed by atoms with Gasteiger partial charge in [-0.2, -0.15) is 8.78 Å². The van der Waals surface area contributed by atoms with Gasteiger partial charge in [0, 0.05) is 12.1 Å². The van der Waals surface area contributed by atoms with E-state index in [-0.39, 0.29) is 16.8 Å². The second-order valence-corrected chi connectivity index (χ2v) is 3.81. The molecule has 0 unspecified atom stereocenters. The minimum atomic E-state index is -1.82. The maximum atomic E-state index is 13.1. The van der Waals surface area contributed by atoms with E-state index in [1.54, 1.807) is 30.3 Å².